The van der Waals surface area contributed by atoms with Crippen LogP contribution in [-0.2, 0) is 4.74 Å². The first-order chi connectivity index (χ1) is 11.2. The lowest BCUT2D eigenvalue weighted by atomic mass is 10.2. The first kappa shape index (κ1) is 18.1. The first-order valence-electron chi connectivity index (χ1n) is 7.50. The van der Waals surface area contributed by atoms with Gasteiger partial charge in [-0.3, -0.25) is 0 Å². The number of benzene rings is 1. The van der Waals surface area contributed by atoms with Gasteiger partial charge in [0.15, 0.2) is 0 Å². The van der Waals surface area contributed by atoms with Crippen LogP contribution in [-0.4, -0.2) is 23.8 Å². The molecule has 0 saturated heterocycles. The minimum Gasteiger partial charge on any atom is -0.495 e. The van der Waals surface area contributed by atoms with E-state index in [1.54, 1.807) is 24.4 Å². The monoisotopic (exact) mass is 348 g/mol. The molecule has 128 valence electrons. The van der Waals surface area contributed by atoms with Gasteiger partial charge in [0, 0.05) is 6.20 Å². The molecule has 6 heteroatoms. The van der Waals surface area contributed by atoms with Gasteiger partial charge in [-0.05, 0) is 63.6 Å². The summed E-state index contributed by atoms with van der Waals surface area (Å²) in [5.74, 6) is 0.993. The summed E-state index contributed by atoms with van der Waals surface area (Å²) in [6, 6.07) is 8.75. The Labute approximate surface area is 147 Å². The number of aromatic nitrogens is 1. The Bertz CT molecular complexity index is 741. The van der Waals surface area contributed by atoms with Gasteiger partial charge in [0.1, 0.15) is 17.2 Å². The molecule has 0 unspecified atom stereocenters. The number of hydrogen-bond acceptors (Lipinski definition) is 4. The number of carbonyl (C=O) groups is 1. The number of hydrogen-bond donors (Lipinski definition) is 0. The number of rotatable bonds is 3. The van der Waals surface area contributed by atoms with Crippen molar-refractivity contribution in [2.45, 2.75) is 33.3 Å². The molecule has 0 fully saturated rings. The summed E-state index contributed by atoms with van der Waals surface area (Å²) in [5.41, 5.74) is 0.899. The highest BCUT2D eigenvalue weighted by Gasteiger charge is 2.26. The number of halogens is 1. The number of ether oxygens (including phenoxy) is 2. The highest BCUT2D eigenvalue weighted by molar-refractivity contribution is 6.32. The Morgan fingerprint density at radius 1 is 1.21 bits per heavy atom. The second-order valence-electron chi connectivity index (χ2n) is 6.33. The highest BCUT2D eigenvalue weighted by Crippen LogP contribution is 2.33. The molecule has 2 rings (SSSR count). The third kappa shape index (κ3) is 4.38. The number of aryl methyl sites for hydroxylation is 1. The standard InChI is InChI=1S/C18H21ClN2O3/c1-12-8-9-20-16(10-12)21(17(22)24-18(2,3)4)13-6-7-15(23-5)14(19)11-13/h6-11H,1-5H3. The molecule has 2 aromatic rings. The van der Waals surface area contributed by atoms with Crippen molar-refractivity contribution in [3.8, 4) is 5.75 Å². The molecule has 0 N–H and O–H groups in total. The molecule has 0 atom stereocenters. The van der Waals surface area contributed by atoms with Crippen LogP contribution in [0.3, 0.4) is 0 Å². The van der Waals surface area contributed by atoms with Gasteiger partial charge < -0.3 is 9.47 Å². The van der Waals surface area contributed by atoms with Crippen LogP contribution < -0.4 is 9.64 Å². The van der Waals surface area contributed by atoms with Crippen LogP contribution in [0.5, 0.6) is 5.75 Å². The SMILES string of the molecule is COc1ccc(N(C(=O)OC(C)(C)C)c2cc(C)ccn2)cc1Cl. The molecule has 1 aromatic carbocycles. The molecular weight excluding hydrogens is 328 g/mol. The maximum absolute atomic E-state index is 12.7. The zero-order valence-corrected chi connectivity index (χ0v) is 15.2. The summed E-state index contributed by atoms with van der Waals surface area (Å²) < 4.78 is 10.7. The molecule has 0 saturated carbocycles. The molecule has 0 spiro atoms. The van der Waals surface area contributed by atoms with Crippen LogP contribution in [0.25, 0.3) is 0 Å². The summed E-state index contributed by atoms with van der Waals surface area (Å²) in [5, 5.41) is 0.399. The molecule has 1 aromatic heterocycles. The largest absolute Gasteiger partial charge is 0.495 e. The lowest BCUT2D eigenvalue weighted by molar-refractivity contribution is 0.0598. The van der Waals surface area contributed by atoms with Crippen molar-refractivity contribution in [2.75, 3.05) is 12.0 Å². The lowest BCUT2D eigenvalue weighted by Crippen LogP contribution is -2.34. The van der Waals surface area contributed by atoms with Crippen molar-refractivity contribution < 1.29 is 14.3 Å². The van der Waals surface area contributed by atoms with Gasteiger partial charge in [-0.15, -0.1) is 0 Å². The molecule has 0 aliphatic carbocycles. The van der Waals surface area contributed by atoms with Crippen molar-refractivity contribution in [1.82, 2.24) is 4.98 Å². The number of methoxy groups -OCH3 is 1. The number of pyridine rings is 1. The molecule has 0 aliphatic rings. The van der Waals surface area contributed by atoms with E-state index in [-0.39, 0.29) is 0 Å². The molecule has 1 heterocycles. The zero-order valence-electron chi connectivity index (χ0n) is 14.5. The van der Waals surface area contributed by atoms with Crippen molar-refractivity contribution in [3.63, 3.8) is 0 Å². The Morgan fingerprint density at radius 3 is 2.46 bits per heavy atom. The molecule has 0 aliphatic heterocycles. The lowest BCUT2D eigenvalue weighted by Gasteiger charge is -2.27. The van der Waals surface area contributed by atoms with Gasteiger partial charge >= 0.3 is 6.09 Å². The van der Waals surface area contributed by atoms with E-state index in [1.165, 1.54) is 12.0 Å². The predicted molar refractivity (Wildman–Crippen MR) is 95.4 cm³/mol. The van der Waals surface area contributed by atoms with E-state index in [4.69, 9.17) is 21.1 Å². The van der Waals surface area contributed by atoms with Crippen molar-refractivity contribution in [2.24, 2.45) is 0 Å². The van der Waals surface area contributed by atoms with E-state index in [0.29, 0.717) is 22.3 Å². The average Bonchev–Trinajstić information content (AvgIpc) is 2.46. The van der Waals surface area contributed by atoms with E-state index in [2.05, 4.69) is 4.98 Å². The summed E-state index contributed by atoms with van der Waals surface area (Å²) in [4.78, 5) is 18.4. The van der Waals surface area contributed by atoms with Gasteiger partial charge in [-0.25, -0.2) is 14.7 Å². The van der Waals surface area contributed by atoms with Crippen LogP contribution in [0.1, 0.15) is 26.3 Å². The van der Waals surface area contributed by atoms with Crippen LogP contribution in [0.2, 0.25) is 5.02 Å². The Morgan fingerprint density at radius 2 is 1.92 bits per heavy atom. The number of anilines is 2. The maximum atomic E-state index is 12.7. The molecular formula is C18H21ClN2O3. The van der Waals surface area contributed by atoms with Gasteiger partial charge in [-0.1, -0.05) is 11.6 Å². The van der Waals surface area contributed by atoms with Crippen molar-refractivity contribution in [3.05, 3.63) is 47.1 Å². The number of carbonyl (C=O) groups excluding carboxylic acids is 1. The van der Waals surface area contributed by atoms with Crippen LogP contribution in [0, 0.1) is 6.92 Å². The van der Waals surface area contributed by atoms with E-state index in [1.807, 2.05) is 39.8 Å². The van der Waals surface area contributed by atoms with Gasteiger partial charge in [0.25, 0.3) is 0 Å². The minimum atomic E-state index is -0.630. The summed E-state index contributed by atoms with van der Waals surface area (Å²) in [6.07, 6.45) is 1.12. The van der Waals surface area contributed by atoms with Crippen LogP contribution in [0.15, 0.2) is 36.5 Å². The van der Waals surface area contributed by atoms with E-state index < -0.39 is 11.7 Å². The summed E-state index contributed by atoms with van der Waals surface area (Å²) >= 11 is 6.21. The van der Waals surface area contributed by atoms with Gasteiger partial charge in [0.05, 0.1) is 17.8 Å². The average molecular weight is 349 g/mol. The Hall–Kier alpha value is -2.27. The van der Waals surface area contributed by atoms with E-state index in [0.717, 1.165) is 5.56 Å². The molecule has 0 radical (unpaired) electrons. The van der Waals surface area contributed by atoms with Gasteiger partial charge in [0.2, 0.25) is 0 Å². The predicted octanol–water partition coefficient (Wildman–Crippen LogP) is 5.13. The second-order valence-corrected chi connectivity index (χ2v) is 6.73. The second kappa shape index (κ2) is 7.09. The number of nitrogens with zero attached hydrogens (tertiary/aromatic N) is 2. The summed E-state index contributed by atoms with van der Waals surface area (Å²) in [6.45, 7) is 7.37. The highest BCUT2D eigenvalue weighted by atomic mass is 35.5. The Balaban J connectivity index is 2.50. The van der Waals surface area contributed by atoms with E-state index >= 15 is 0 Å². The fourth-order valence-corrected chi connectivity index (χ4v) is 2.33. The third-order valence-corrected chi connectivity index (χ3v) is 3.40. The maximum Gasteiger partial charge on any atom is 0.420 e. The smallest absolute Gasteiger partial charge is 0.420 e. The molecule has 24 heavy (non-hydrogen) atoms. The normalized spacial score (nSPS) is 11.1. The number of amides is 1. The van der Waals surface area contributed by atoms with Crippen LogP contribution >= 0.6 is 11.6 Å². The topological polar surface area (TPSA) is 51.7 Å². The van der Waals surface area contributed by atoms with Crippen molar-refractivity contribution in [1.29, 1.82) is 0 Å². The first-order valence-corrected chi connectivity index (χ1v) is 7.88. The molecule has 1 amide bonds. The van der Waals surface area contributed by atoms with Gasteiger partial charge in [-0.2, -0.15) is 0 Å². The Kier molecular flexibility index (Phi) is 5.34. The van der Waals surface area contributed by atoms with Crippen molar-refractivity contribution >= 4 is 29.2 Å². The van der Waals surface area contributed by atoms with Crippen LogP contribution in [0.4, 0.5) is 16.3 Å². The fourth-order valence-electron chi connectivity index (χ4n) is 2.08. The quantitative estimate of drug-likeness (QED) is 0.772. The molecule has 0 bridgehead atoms. The molecule has 5 nitrogen and oxygen atoms in total. The fraction of sp³-hybridized carbons (Fsp3) is 0.333. The zero-order chi connectivity index (χ0) is 17.9. The summed E-state index contributed by atoms with van der Waals surface area (Å²) in [7, 11) is 1.54. The third-order valence-electron chi connectivity index (χ3n) is 3.10. The minimum absolute atomic E-state index is 0.399. The van der Waals surface area contributed by atoms with E-state index in [9.17, 15) is 4.79 Å².